The van der Waals surface area contributed by atoms with Gasteiger partial charge in [-0.1, -0.05) is 42.0 Å². The van der Waals surface area contributed by atoms with E-state index >= 15 is 0 Å². The normalized spacial score (nSPS) is 12.0. The monoisotopic (exact) mass is 283 g/mol. The molecule has 1 atom stereocenters. The first-order valence-electron chi connectivity index (χ1n) is 7.15. The number of carbonyl (C=O) groups is 1. The number of anilines is 1. The number of aliphatic carboxylic acids is 1. The van der Waals surface area contributed by atoms with Crippen LogP contribution in [0.25, 0.3) is 0 Å². The molecule has 110 valence electrons. The fourth-order valence-corrected chi connectivity index (χ4v) is 2.53. The van der Waals surface area contributed by atoms with E-state index in [9.17, 15) is 9.90 Å². The molecule has 0 radical (unpaired) electrons. The van der Waals surface area contributed by atoms with Crippen LogP contribution in [0.15, 0.2) is 48.5 Å². The summed E-state index contributed by atoms with van der Waals surface area (Å²) in [6, 6.07) is 15.0. The highest BCUT2D eigenvalue weighted by Crippen LogP contribution is 2.28. The minimum absolute atomic E-state index is 0.633. The molecule has 0 saturated heterocycles. The van der Waals surface area contributed by atoms with Crippen LogP contribution in [0, 0.1) is 13.8 Å². The van der Waals surface area contributed by atoms with Crippen molar-refractivity contribution in [2.45, 2.75) is 26.8 Å². The third-order valence-corrected chi connectivity index (χ3v) is 3.61. The molecule has 0 aliphatic carbocycles. The van der Waals surface area contributed by atoms with Gasteiger partial charge in [-0.25, -0.2) is 4.79 Å². The Kier molecular flexibility index (Phi) is 4.63. The highest BCUT2D eigenvalue weighted by atomic mass is 16.4. The van der Waals surface area contributed by atoms with Gasteiger partial charge in [-0.2, -0.15) is 0 Å². The van der Waals surface area contributed by atoms with Crippen molar-refractivity contribution in [1.82, 2.24) is 0 Å². The second-order valence-electron chi connectivity index (χ2n) is 5.28. The van der Waals surface area contributed by atoms with Gasteiger partial charge in [0.2, 0.25) is 0 Å². The van der Waals surface area contributed by atoms with Crippen molar-refractivity contribution < 1.29 is 9.90 Å². The Morgan fingerprint density at radius 3 is 2.29 bits per heavy atom. The second kappa shape index (κ2) is 6.44. The Bertz CT molecular complexity index is 619. The number of aryl methyl sites for hydroxylation is 2. The standard InChI is InChI=1S/C18H21NO2/c1-4-19(16-7-5-6-14(3)12-16)17(18(20)21)15-10-8-13(2)9-11-15/h5-12,17H,4H2,1-3H3,(H,20,21). The highest BCUT2D eigenvalue weighted by molar-refractivity contribution is 5.80. The molecule has 0 aromatic heterocycles. The van der Waals surface area contributed by atoms with Gasteiger partial charge in [0, 0.05) is 12.2 Å². The molecule has 2 aromatic carbocycles. The molecule has 2 aromatic rings. The van der Waals surface area contributed by atoms with Crippen molar-refractivity contribution >= 4 is 11.7 Å². The van der Waals surface area contributed by atoms with Gasteiger partial charge in [-0.3, -0.25) is 0 Å². The van der Waals surface area contributed by atoms with E-state index in [4.69, 9.17) is 0 Å². The molecule has 1 N–H and O–H groups in total. The molecule has 3 heteroatoms. The molecule has 0 bridgehead atoms. The predicted octanol–water partition coefficient (Wildman–Crippen LogP) is 3.96. The molecule has 0 saturated carbocycles. The Morgan fingerprint density at radius 2 is 1.76 bits per heavy atom. The molecular formula is C18H21NO2. The van der Waals surface area contributed by atoms with E-state index in [-0.39, 0.29) is 0 Å². The summed E-state index contributed by atoms with van der Waals surface area (Å²) >= 11 is 0. The summed E-state index contributed by atoms with van der Waals surface area (Å²) in [7, 11) is 0. The van der Waals surface area contributed by atoms with Gasteiger partial charge in [0.15, 0.2) is 6.04 Å². The zero-order valence-corrected chi connectivity index (χ0v) is 12.7. The first-order chi connectivity index (χ1) is 10.0. The Morgan fingerprint density at radius 1 is 1.10 bits per heavy atom. The Hall–Kier alpha value is -2.29. The smallest absolute Gasteiger partial charge is 0.331 e. The van der Waals surface area contributed by atoms with Gasteiger partial charge >= 0.3 is 5.97 Å². The number of carboxylic acid groups (broad SMARTS) is 1. The van der Waals surface area contributed by atoms with Gasteiger partial charge < -0.3 is 10.0 Å². The number of benzene rings is 2. The fraction of sp³-hybridized carbons (Fsp3) is 0.278. The summed E-state index contributed by atoms with van der Waals surface area (Å²) in [5.41, 5.74) is 3.99. The van der Waals surface area contributed by atoms with Gasteiger partial charge in [-0.05, 0) is 44.0 Å². The third kappa shape index (κ3) is 3.43. The highest BCUT2D eigenvalue weighted by Gasteiger charge is 2.26. The molecule has 0 spiro atoms. The van der Waals surface area contributed by atoms with Crippen LogP contribution in [-0.4, -0.2) is 17.6 Å². The Balaban J connectivity index is 2.44. The van der Waals surface area contributed by atoms with E-state index in [2.05, 4.69) is 0 Å². The summed E-state index contributed by atoms with van der Waals surface area (Å²) in [6.45, 7) is 6.62. The van der Waals surface area contributed by atoms with Gasteiger partial charge in [0.1, 0.15) is 0 Å². The van der Waals surface area contributed by atoms with Crippen LogP contribution in [0.1, 0.15) is 29.7 Å². The summed E-state index contributed by atoms with van der Waals surface area (Å²) < 4.78 is 0. The average molecular weight is 283 g/mol. The molecule has 1 unspecified atom stereocenters. The summed E-state index contributed by atoms with van der Waals surface area (Å²) in [5, 5.41) is 9.69. The third-order valence-electron chi connectivity index (χ3n) is 3.61. The van der Waals surface area contributed by atoms with Gasteiger partial charge in [0.25, 0.3) is 0 Å². The zero-order chi connectivity index (χ0) is 15.4. The first kappa shape index (κ1) is 15.1. The number of rotatable bonds is 5. The fourth-order valence-electron chi connectivity index (χ4n) is 2.53. The van der Waals surface area contributed by atoms with E-state index in [1.54, 1.807) is 0 Å². The first-order valence-corrected chi connectivity index (χ1v) is 7.15. The lowest BCUT2D eigenvalue weighted by Gasteiger charge is -2.30. The zero-order valence-electron chi connectivity index (χ0n) is 12.7. The lowest BCUT2D eigenvalue weighted by molar-refractivity contribution is -0.138. The molecule has 0 amide bonds. The van der Waals surface area contributed by atoms with Crippen LogP contribution < -0.4 is 4.90 Å². The van der Waals surface area contributed by atoms with Crippen molar-refractivity contribution in [3.05, 3.63) is 65.2 Å². The maximum Gasteiger partial charge on any atom is 0.331 e. The predicted molar refractivity (Wildman–Crippen MR) is 85.8 cm³/mol. The number of likely N-dealkylation sites (N-methyl/N-ethyl adjacent to an activating group) is 1. The summed E-state index contributed by atoms with van der Waals surface area (Å²) in [4.78, 5) is 13.7. The molecule has 2 rings (SSSR count). The second-order valence-corrected chi connectivity index (χ2v) is 5.28. The van der Waals surface area contributed by atoms with Crippen molar-refractivity contribution in [2.75, 3.05) is 11.4 Å². The molecule has 0 aliphatic heterocycles. The number of nitrogens with zero attached hydrogens (tertiary/aromatic N) is 1. The molecular weight excluding hydrogens is 262 g/mol. The number of hydrogen-bond donors (Lipinski definition) is 1. The molecule has 21 heavy (non-hydrogen) atoms. The van der Waals surface area contributed by atoms with E-state index in [1.165, 1.54) is 0 Å². The van der Waals surface area contributed by atoms with E-state index < -0.39 is 12.0 Å². The summed E-state index contributed by atoms with van der Waals surface area (Å²) in [6.07, 6.45) is 0. The maximum absolute atomic E-state index is 11.8. The number of hydrogen-bond acceptors (Lipinski definition) is 2. The van der Waals surface area contributed by atoms with Crippen molar-refractivity contribution in [3.63, 3.8) is 0 Å². The van der Waals surface area contributed by atoms with E-state index in [0.29, 0.717) is 6.54 Å². The quantitative estimate of drug-likeness (QED) is 0.903. The lowest BCUT2D eigenvalue weighted by Crippen LogP contribution is -2.34. The Labute approximate surface area is 125 Å². The lowest BCUT2D eigenvalue weighted by atomic mass is 10.0. The number of carboxylic acids is 1. The molecule has 0 heterocycles. The van der Waals surface area contributed by atoms with Crippen molar-refractivity contribution in [3.8, 4) is 0 Å². The largest absolute Gasteiger partial charge is 0.479 e. The minimum atomic E-state index is -0.831. The van der Waals surface area contributed by atoms with Gasteiger partial charge in [-0.15, -0.1) is 0 Å². The minimum Gasteiger partial charge on any atom is -0.479 e. The van der Waals surface area contributed by atoms with Crippen LogP contribution in [0.5, 0.6) is 0 Å². The molecule has 0 aliphatic rings. The molecule has 3 nitrogen and oxygen atoms in total. The maximum atomic E-state index is 11.8. The van der Waals surface area contributed by atoms with Crippen LogP contribution >= 0.6 is 0 Å². The van der Waals surface area contributed by atoms with Crippen molar-refractivity contribution in [1.29, 1.82) is 0 Å². The van der Waals surface area contributed by atoms with Crippen LogP contribution in [-0.2, 0) is 4.79 Å². The van der Waals surface area contributed by atoms with E-state index in [0.717, 1.165) is 22.4 Å². The SMILES string of the molecule is CCN(c1cccc(C)c1)C(C(=O)O)c1ccc(C)cc1. The van der Waals surface area contributed by atoms with Crippen LogP contribution in [0.2, 0.25) is 0 Å². The topological polar surface area (TPSA) is 40.5 Å². The van der Waals surface area contributed by atoms with E-state index in [1.807, 2.05) is 74.2 Å². The van der Waals surface area contributed by atoms with Gasteiger partial charge in [0.05, 0.1) is 0 Å². The average Bonchev–Trinajstić information content (AvgIpc) is 2.45. The molecule has 0 fully saturated rings. The van der Waals surface area contributed by atoms with Crippen LogP contribution in [0.4, 0.5) is 5.69 Å². The van der Waals surface area contributed by atoms with Crippen LogP contribution in [0.3, 0.4) is 0 Å². The van der Waals surface area contributed by atoms with Crippen molar-refractivity contribution in [2.24, 2.45) is 0 Å². The summed E-state index contributed by atoms with van der Waals surface area (Å²) in [5.74, 6) is -0.831.